The molecule has 42 heavy (non-hydrogen) atoms. The minimum atomic E-state index is -0.830. The van der Waals surface area contributed by atoms with Gasteiger partial charge in [0.2, 0.25) is 0 Å². The van der Waals surface area contributed by atoms with Crippen molar-refractivity contribution in [2.75, 3.05) is 20.8 Å². The van der Waals surface area contributed by atoms with Gasteiger partial charge in [0.1, 0.15) is 17.5 Å². The second kappa shape index (κ2) is 11.2. The lowest BCUT2D eigenvalue weighted by atomic mass is 9.94. The van der Waals surface area contributed by atoms with Crippen LogP contribution in [-0.4, -0.2) is 36.3 Å². The van der Waals surface area contributed by atoms with E-state index in [0.29, 0.717) is 32.1 Å². The van der Waals surface area contributed by atoms with Gasteiger partial charge in [-0.3, -0.25) is 9.36 Å². The van der Waals surface area contributed by atoms with Crippen molar-refractivity contribution in [1.82, 2.24) is 9.55 Å². The number of aromatic amines is 1. The molecule has 1 aliphatic heterocycles. The van der Waals surface area contributed by atoms with Crippen LogP contribution < -0.4 is 24.4 Å². The molecule has 1 N–H and O–H groups in total. The van der Waals surface area contributed by atoms with E-state index < -0.39 is 12.0 Å². The highest BCUT2D eigenvalue weighted by molar-refractivity contribution is 7.07. The number of carbonyl (C=O) groups is 1. The number of fused-ring (bicyclic) bond motifs is 2. The Morgan fingerprint density at radius 1 is 1.05 bits per heavy atom. The van der Waals surface area contributed by atoms with Crippen LogP contribution in [0.4, 0.5) is 0 Å². The highest BCUT2D eigenvalue weighted by Gasteiger charge is 2.35. The SMILES string of the molecule is CCOC(=O)C1=C(C)N=c2s/c(=C\c3c(-c4ccccc4)[nH]c4ccccc34)c(=O)n2C1c1cc(OC)ccc1OC. The number of methoxy groups -OCH3 is 2. The first-order chi connectivity index (χ1) is 20.4. The first-order valence-corrected chi connectivity index (χ1v) is 14.3. The molecule has 212 valence electrons. The molecule has 0 spiro atoms. The van der Waals surface area contributed by atoms with E-state index in [1.165, 1.54) is 11.3 Å². The lowest BCUT2D eigenvalue weighted by molar-refractivity contribution is -0.139. The second-order valence-electron chi connectivity index (χ2n) is 9.74. The van der Waals surface area contributed by atoms with E-state index in [1.807, 2.05) is 60.7 Å². The van der Waals surface area contributed by atoms with Crippen molar-refractivity contribution in [3.63, 3.8) is 0 Å². The Kier molecular flexibility index (Phi) is 7.26. The minimum absolute atomic E-state index is 0.185. The molecule has 0 fully saturated rings. The number of para-hydroxylation sites is 1. The third-order valence-electron chi connectivity index (χ3n) is 7.33. The topological polar surface area (TPSA) is 94.9 Å². The Hall–Kier alpha value is -4.89. The maximum atomic E-state index is 14.3. The fourth-order valence-electron chi connectivity index (χ4n) is 5.42. The number of H-pyrrole nitrogens is 1. The molecule has 1 atom stereocenters. The number of ether oxygens (including phenoxy) is 3. The Labute approximate surface area is 245 Å². The summed E-state index contributed by atoms with van der Waals surface area (Å²) in [5.74, 6) is 0.540. The molecule has 0 saturated carbocycles. The number of aromatic nitrogens is 2. The molecule has 0 bridgehead atoms. The van der Waals surface area contributed by atoms with Crippen molar-refractivity contribution in [3.8, 4) is 22.8 Å². The first-order valence-electron chi connectivity index (χ1n) is 13.5. The fraction of sp³-hybridized carbons (Fsp3) is 0.182. The third-order valence-corrected chi connectivity index (χ3v) is 8.32. The van der Waals surface area contributed by atoms with E-state index in [2.05, 4.69) is 4.98 Å². The van der Waals surface area contributed by atoms with E-state index >= 15 is 0 Å². The number of benzene rings is 3. The van der Waals surface area contributed by atoms with Crippen molar-refractivity contribution in [1.29, 1.82) is 0 Å². The summed E-state index contributed by atoms with van der Waals surface area (Å²) in [6.07, 6.45) is 1.91. The number of hydrogen-bond donors (Lipinski definition) is 1. The zero-order valence-electron chi connectivity index (χ0n) is 23.6. The maximum Gasteiger partial charge on any atom is 0.338 e. The van der Waals surface area contributed by atoms with Crippen molar-refractivity contribution < 1.29 is 19.0 Å². The van der Waals surface area contributed by atoms with Crippen molar-refractivity contribution >= 4 is 34.3 Å². The van der Waals surface area contributed by atoms with Gasteiger partial charge in [0.05, 0.1) is 42.3 Å². The van der Waals surface area contributed by atoms with Gasteiger partial charge in [-0.1, -0.05) is 59.9 Å². The summed E-state index contributed by atoms with van der Waals surface area (Å²) in [5.41, 5.74) is 4.87. The molecule has 6 rings (SSSR count). The first kappa shape index (κ1) is 27.3. The van der Waals surface area contributed by atoms with Crippen molar-refractivity contribution in [2.45, 2.75) is 19.9 Å². The number of carbonyl (C=O) groups excluding carboxylic acids is 1. The normalized spacial score (nSPS) is 15.0. The minimum Gasteiger partial charge on any atom is -0.497 e. The van der Waals surface area contributed by atoms with Gasteiger partial charge in [-0.15, -0.1) is 0 Å². The predicted molar refractivity (Wildman–Crippen MR) is 164 cm³/mol. The summed E-state index contributed by atoms with van der Waals surface area (Å²) in [6.45, 7) is 3.69. The Morgan fingerprint density at radius 2 is 1.81 bits per heavy atom. The largest absolute Gasteiger partial charge is 0.497 e. The van der Waals surface area contributed by atoms with Gasteiger partial charge in [0.25, 0.3) is 5.56 Å². The summed E-state index contributed by atoms with van der Waals surface area (Å²) >= 11 is 1.28. The quantitative estimate of drug-likeness (QED) is 0.275. The highest BCUT2D eigenvalue weighted by Crippen LogP contribution is 2.38. The van der Waals surface area contributed by atoms with E-state index in [4.69, 9.17) is 19.2 Å². The number of nitrogens with zero attached hydrogens (tertiary/aromatic N) is 2. The van der Waals surface area contributed by atoms with Gasteiger partial charge in [-0.25, -0.2) is 9.79 Å². The summed E-state index contributed by atoms with van der Waals surface area (Å²) < 4.78 is 18.7. The van der Waals surface area contributed by atoms with Crippen LogP contribution in [0.1, 0.15) is 31.0 Å². The molecule has 9 heteroatoms. The average Bonchev–Trinajstić information content (AvgIpc) is 3.53. The fourth-order valence-corrected chi connectivity index (χ4v) is 6.44. The third kappa shape index (κ3) is 4.61. The molecule has 0 aliphatic carbocycles. The average molecular weight is 580 g/mol. The number of esters is 1. The van der Waals surface area contributed by atoms with Gasteiger partial charge in [0.15, 0.2) is 4.80 Å². The van der Waals surface area contributed by atoms with E-state index in [9.17, 15) is 9.59 Å². The van der Waals surface area contributed by atoms with Gasteiger partial charge < -0.3 is 19.2 Å². The van der Waals surface area contributed by atoms with E-state index in [1.54, 1.807) is 50.8 Å². The van der Waals surface area contributed by atoms with Crippen LogP contribution in [0.2, 0.25) is 0 Å². The number of rotatable bonds is 7. The Balaban J connectivity index is 1.64. The Morgan fingerprint density at radius 3 is 2.55 bits per heavy atom. The standard InChI is InChI=1S/C33H29N3O5S/c1-5-41-32(38)28-19(2)34-33-36(30(28)24-17-21(39-3)15-16-26(24)40-4)31(37)27(42-33)18-23-22-13-9-10-14-25(22)35-29(23)20-11-7-6-8-12-20/h6-18,30,35H,5H2,1-4H3/b27-18-. The maximum absolute atomic E-state index is 14.3. The van der Waals surface area contributed by atoms with Gasteiger partial charge in [-0.05, 0) is 49.8 Å². The number of thiazole rings is 1. The smallest absolute Gasteiger partial charge is 0.338 e. The van der Waals surface area contributed by atoms with Gasteiger partial charge in [0, 0.05) is 22.0 Å². The van der Waals surface area contributed by atoms with Crippen molar-refractivity contribution in [2.24, 2.45) is 4.99 Å². The molecule has 2 aromatic heterocycles. The summed E-state index contributed by atoms with van der Waals surface area (Å²) in [5, 5.41) is 0.997. The molecule has 0 radical (unpaired) electrons. The molecule has 3 heterocycles. The zero-order chi connectivity index (χ0) is 29.4. The van der Waals surface area contributed by atoms with E-state index in [0.717, 1.165) is 27.7 Å². The Bertz CT molecular complexity index is 2040. The summed E-state index contributed by atoms with van der Waals surface area (Å²) in [6, 6.07) is 22.5. The number of hydrogen-bond acceptors (Lipinski definition) is 7. The monoisotopic (exact) mass is 579 g/mol. The molecular formula is C33H29N3O5S. The van der Waals surface area contributed by atoms with Crippen LogP contribution in [0.3, 0.4) is 0 Å². The molecule has 0 amide bonds. The van der Waals surface area contributed by atoms with Crippen LogP contribution in [0.5, 0.6) is 11.5 Å². The summed E-state index contributed by atoms with van der Waals surface area (Å²) in [7, 11) is 3.12. The second-order valence-corrected chi connectivity index (χ2v) is 10.7. The van der Waals surface area contributed by atoms with E-state index in [-0.39, 0.29) is 17.7 Å². The van der Waals surface area contributed by atoms with Crippen LogP contribution in [0, 0.1) is 0 Å². The summed E-state index contributed by atoms with van der Waals surface area (Å²) in [4.78, 5) is 36.4. The zero-order valence-corrected chi connectivity index (χ0v) is 24.5. The predicted octanol–water partition coefficient (Wildman–Crippen LogP) is 4.96. The number of nitrogens with one attached hydrogen (secondary N) is 1. The molecule has 1 aliphatic rings. The lowest BCUT2D eigenvalue weighted by Gasteiger charge is -2.26. The van der Waals surface area contributed by atoms with Crippen LogP contribution in [0.15, 0.2) is 93.9 Å². The molecule has 5 aromatic rings. The van der Waals surface area contributed by atoms with Gasteiger partial charge in [-0.2, -0.15) is 0 Å². The van der Waals surface area contributed by atoms with Gasteiger partial charge >= 0.3 is 5.97 Å². The molecule has 1 unspecified atom stereocenters. The lowest BCUT2D eigenvalue weighted by Crippen LogP contribution is -2.40. The molecule has 8 nitrogen and oxygen atoms in total. The molecular weight excluding hydrogens is 550 g/mol. The van der Waals surface area contributed by atoms with Crippen molar-refractivity contribution in [3.05, 3.63) is 115 Å². The molecule has 3 aromatic carbocycles. The van der Waals surface area contributed by atoms with Crippen LogP contribution in [-0.2, 0) is 9.53 Å². The molecule has 0 saturated heterocycles. The number of allylic oxidation sites excluding steroid dienone is 1. The van der Waals surface area contributed by atoms with Crippen LogP contribution >= 0.6 is 11.3 Å². The highest BCUT2D eigenvalue weighted by atomic mass is 32.1. The van der Waals surface area contributed by atoms with Crippen LogP contribution in [0.25, 0.3) is 28.2 Å².